The molecule has 0 radical (unpaired) electrons. The van der Waals surface area contributed by atoms with Gasteiger partial charge in [-0.25, -0.2) is 0 Å². The number of nitrogens with one attached hydrogen (secondary N) is 1. The van der Waals surface area contributed by atoms with Gasteiger partial charge in [0.15, 0.2) is 0 Å². The third kappa shape index (κ3) is 3.10. The monoisotopic (exact) mass is 259 g/mol. The highest BCUT2D eigenvalue weighted by Crippen LogP contribution is 2.49. The molecule has 0 saturated heterocycles. The number of hydrogen-bond donors (Lipinski definition) is 2. The van der Waals surface area contributed by atoms with Gasteiger partial charge in [0.1, 0.15) is 0 Å². The van der Waals surface area contributed by atoms with E-state index in [-0.39, 0.29) is 11.3 Å². The Kier molecular flexibility index (Phi) is 4.11. The fraction of sp³-hybridized carbons (Fsp3) is 0.917. The van der Waals surface area contributed by atoms with E-state index in [2.05, 4.69) is 24.2 Å². The van der Waals surface area contributed by atoms with Gasteiger partial charge in [0.25, 0.3) is 0 Å². The SMILES string of the molecule is CSC1CCC(NC(=O)CC2(CS)CC2)C1. The summed E-state index contributed by atoms with van der Waals surface area (Å²) in [5.74, 6) is 1.11. The molecule has 2 rings (SSSR count). The lowest BCUT2D eigenvalue weighted by molar-refractivity contribution is -0.122. The van der Waals surface area contributed by atoms with Crippen LogP contribution in [0.3, 0.4) is 0 Å². The van der Waals surface area contributed by atoms with Gasteiger partial charge in [-0.15, -0.1) is 0 Å². The zero-order valence-corrected chi connectivity index (χ0v) is 11.6. The standard InChI is InChI=1S/C12H21NOS2/c1-16-10-3-2-9(6-10)13-11(14)7-12(8-15)4-5-12/h9-10,15H,2-8H2,1H3,(H,13,14). The van der Waals surface area contributed by atoms with Gasteiger partial charge in [0.05, 0.1) is 0 Å². The van der Waals surface area contributed by atoms with Crippen LogP contribution in [0.2, 0.25) is 0 Å². The highest BCUT2D eigenvalue weighted by Gasteiger charge is 2.43. The lowest BCUT2D eigenvalue weighted by atomic mass is 10.0. The minimum absolute atomic E-state index is 0.248. The van der Waals surface area contributed by atoms with E-state index in [4.69, 9.17) is 0 Å². The number of amides is 1. The summed E-state index contributed by atoms with van der Waals surface area (Å²) in [6.07, 6.45) is 8.78. The average molecular weight is 259 g/mol. The maximum absolute atomic E-state index is 11.9. The van der Waals surface area contributed by atoms with Crippen LogP contribution in [0.15, 0.2) is 0 Å². The van der Waals surface area contributed by atoms with Crippen LogP contribution >= 0.6 is 24.4 Å². The zero-order valence-electron chi connectivity index (χ0n) is 9.87. The molecule has 2 fully saturated rings. The van der Waals surface area contributed by atoms with Crippen LogP contribution in [0.25, 0.3) is 0 Å². The molecule has 2 atom stereocenters. The van der Waals surface area contributed by atoms with Crippen LogP contribution in [0, 0.1) is 5.41 Å². The van der Waals surface area contributed by atoms with Crippen molar-refractivity contribution in [3.05, 3.63) is 0 Å². The number of hydrogen-bond acceptors (Lipinski definition) is 3. The maximum Gasteiger partial charge on any atom is 0.220 e. The zero-order chi connectivity index (χ0) is 11.6. The Labute approximate surface area is 108 Å². The summed E-state index contributed by atoms with van der Waals surface area (Å²) >= 11 is 6.26. The van der Waals surface area contributed by atoms with E-state index < -0.39 is 0 Å². The summed E-state index contributed by atoms with van der Waals surface area (Å²) in [4.78, 5) is 11.9. The van der Waals surface area contributed by atoms with Crippen LogP contribution in [0.4, 0.5) is 0 Å². The van der Waals surface area contributed by atoms with Crippen molar-refractivity contribution in [3.63, 3.8) is 0 Å². The van der Waals surface area contributed by atoms with Gasteiger partial charge in [-0.05, 0) is 49.5 Å². The third-order valence-electron chi connectivity index (χ3n) is 3.91. The first-order valence-corrected chi connectivity index (χ1v) is 8.02. The van der Waals surface area contributed by atoms with Crippen LogP contribution in [-0.2, 0) is 4.79 Å². The molecule has 1 N–H and O–H groups in total. The number of thiol groups is 1. The van der Waals surface area contributed by atoms with E-state index in [1.807, 2.05) is 11.8 Å². The normalized spacial score (nSPS) is 31.4. The molecule has 16 heavy (non-hydrogen) atoms. The molecule has 2 unspecified atom stereocenters. The molecule has 2 nitrogen and oxygen atoms in total. The Bertz CT molecular complexity index is 266. The van der Waals surface area contributed by atoms with Gasteiger partial charge in [-0.3, -0.25) is 4.79 Å². The molecule has 92 valence electrons. The van der Waals surface area contributed by atoms with Crippen molar-refractivity contribution in [2.24, 2.45) is 5.41 Å². The molecule has 2 aliphatic carbocycles. The Morgan fingerprint density at radius 2 is 2.25 bits per heavy atom. The minimum Gasteiger partial charge on any atom is -0.353 e. The summed E-state index contributed by atoms with van der Waals surface area (Å²) in [7, 11) is 0. The second-order valence-electron chi connectivity index (χ2n) is 5.27. The molecule has 0 aromatic carbocycles. The van der Waals surface area contributed by atoms with Gasteiger partial charge in [-0.2, -0.15) is 24.4 Å². The molecular formula is C12H21NOS2. The summed E-state index contributed by atoms with van der Waals surface area (Å²) in [6.45, 7) is 0. The van der Waals surface area contributed by atoms with Gasteiger partial charge < -0.3 is 5.32 Å². The smallest absolute Gasteiger partial charge is 0.220 e. The van der Waals surface area contributed by atoms with Crippen LogP contribution < -0.4 is 5.32 Å². The predicted octanol–water partition coefficient (Wildman–Crippen LogP) is 2.49. The summed E-state index contributed by atoms with van der Waals surface area (Å²) in [6, 6.07) is 0.431. The number of thioether (sulfide) groups is 1. The Morgan fingerprint density at radius 3 is 2.75 bits per heavy atom. The van der Waals surface area contributed by atoms with Gasteiger partial charge >= 0.3 is 0 Å². The molecule has 2 saturated carbocycles. The van der Waals surface area contributed by atoms with Crippen molar-refractivity contribution in [1.82, 2.24) is 5.32 Å². The van der Waals surface area contributed by atoms with Crippen molar-refractivity contribution in [2.75, 3.05) is 12.0 Å². The third-order valence-corrected chi connectivity index (χ3v) is 5.68. The molecule has 0 aromatic heterocycles. The van der Waals surface area contributed by atoms with E-state index >= 15 is 0 Å². The maximum atomic E-state index is 11.9. The van der Waals surface area contributed by atoms with E-state index in [1.165, 1.54) is 19.3 Å². The van der Waals surface area contributed by atoms with Gasteiger partial charge in [0, 0.05) is 17.7 Å². The first kappa shape index (κ1) is 12.6. The van der Waals surface area contributed by atoms with Crippen molar-refractivity contribution in [2.45, 2.75) is 49.8 Å². The lowest BCUT2D eigenvalue weighted by Crippen LogP contribution is -2.34. The first-order valence-electron chi connectivity index (χ1n) is 6.10. The van der Waals surface area contributed by atoms with Crippen molar-refractivity contribution in [3.8, 4) is 0 Å². The Morgan fingerprint density at radius 1 is 1.50 bits per heavy atom. The molecule has 0 aromatic rings. The Hall–Kier alpha value is 0.170. The summed E-state index contributed by atoms with van der Waals surface area (Å²) in [5.41, 5.74) is 0.255. The molecule has 4 heteroatoms. The highest BCUT2D eigenvalue weighted by molar-refractivity contribution is 7.99. The van der Waals surface area contributed by atoms with Gasteiger partial charge in [-0.1, -0.05) is 0 Å². The van der Waals surface area contributed by atoms with Crippen LogP contribution in [0.5, 0.6) is 0 Å². The van der Waals surface area contributed by atoms with Gasteiger partial charge in [0.2, 0.25) is 5.91 Å². The predicted molar refractivity (Wildman–Crippen MR) is 73.2 cm³/mol. The number of rotatable bonds is 5. The van der Waals surface area contributed by atoms with Crippen LogP contribution in [0.1, 0.15) is 38.5 Å². The first-order chi connectivity index (χ1) is 7.67. The number of carbonyl (C=O) groups is 1. The molecular weight excluding hydrogens is 238 g/mol. The van der Waals surface area contributed by atoms with E-state index in [0.717, 1.165) is 23.8 Å². The molecule has 0 aliphatic heterocycles. The van der Waals surface area contributed by atoms with Crippen molar-refractivity contribution >= 4 is 30.3 Å². The van der Waals surface area contributed by atoms with E-state index in [0.29, 0.717) is 12.5 Å². The molecule has 0 bridgehead atoms. The fourth-order valence-electron chi connectivity index (χ4n) is 2.47. The molecule has 2 aliphatic rings. The minimum atomic E-state index is 0.248. The average Bonchev–Trinajstić information content (AvgIpc) is 2.89. The lowest BCUT2D eigenvalue weighted by Gasteiger charge is -2.16. The largest absolute Gasteiger partial charge is 0.353 e. The summed E-state index contributed by atoms with van der Waals surface area (Å²) in [5, 5.41) is 3.94. The fourth-order valence-corrected chi connectivity index (χ4v) is 3.70. The van der Waals surface area contributed by atoms with Crippen molar-refractivity contribution < 1.29 is 4.79 Å². The molecule has 0 spiro atoms. The Balaban J connectivity index is 1.72. The molecule has 1 amide bonds. The second-order valence-corrected chi connectivity index (χ2v) is 6.72. The van der Waals surface area contributed by atoms with E-state index in [9.17, 15) is 4.79 Å². The number of carbonyl (C=O) groups excluding carboxylic acids is 1. The summed E-state index contributed by atoms with van der Waals surface area (Å²) < 4.78 is 0. The topological polar surface area (TPSA) is 29.1 Å². The van der Waals surface area contributed by atoms with Crippen LogP contribution in [-0.4, -0.2) is 29.2 Å². The van der Waals surface area contributed by atoms with Crippen molar-refractivity contribution in [1.29, 1.82) is 0 Å². The van der Waals surface area contributed by atoms with E-state index in [1.54, 1.807) is 0 Å². The second kappa shape index (κ2) is 5.21. The quantitative estimate of drug-likeness (QED) is 0.743. The molecule has 0 heterocycles. The highest BCUT2D eigenvalue weighted by atomic mass is 32.2.